The smallest absolute Gasteiger partial charge is 0.250 e. The van der Waals surface area contributed by atoms with Crippen molar-refractivity contribution in [3.63, 3.8) is 0 Å². The number of aryl methyl sites for hydroxylation is 3. The number of hydrogen-bond donors (Lipinski definition) is 1. The summed E-state index contributed by atoms with van der Waals surface area (Å²) in [6, 6.07) is 4.93. The molecule has 5 nitrogen and oxygen atoms in total. The number of fused-ring (bicyclic) bond motifs is 1. The number of nitrogens with one attached hydrogen (secondary N) is 1. The van der Waals surface area contributed by atoms with E-state index in [0.29, 0.717) is 30.5 Å². The molecule has 0 radical (unpaired) electrons. The van der Waals surface area contributed by atoms with Gasteiger partial charge in [0.2, 0.25) is 5.88 Å². The quantitative estimate of drug-likeness (QED) is 0.529. The Bertz CT molecular complexity index is 1170. The van der Waals surface area contributed by atoms with E-state index in [1.165, 1.54) is 25.4 Å². The lowest BCUT2D eigenvalue weighted by atomic mass is 10.0. The summed E-state index contributed by atoms with van der Waals surface area (Å²) < 4.78 is 33.1. The molecule has 7 heteroatoms. The molecule has 0 bridgehead atoms. The van der Waals surface area contributed by atoms with Gasteiger partial charge in [0.05, 0.1) is 12.8 Å². The standard InChI is InChI=1S/C22H20F2N4O/c1-13-5-17-16(12-27-21(17)26-9-13)6-15-8-18(23)20(25-11-15)4-3-14-7-19(24)22(29-2)28-10-14/h5,7-12H,3-4,6H2,1-2H3,(H,26,27). The molecule has 0 fully saturated rings. The third kappa shape index (κ3) is 4.08. The third-order valence-corrected chi connectivity index (χ3v) is 4.83. The number of aromatic amines is 1. The maximum absolute atomic E-state index is 14.6. The van der Waals surface area contributed by atoms with Gasteiger partial charge in [0.15, 0.2) is 5.82 Å². The van der Waals surface area contributed by atoms with Crippen molar-refractivity contribution >= 4 is 11.0 Å². The van der Waals surface area contributed by atoms with Gasteiger partial charge in [-0.25, -0.2) is 18.7 Å². The first kappa shape index (κ1) is 19.0. The van der Waals surface area contributed by atoms with Gasteiger partial charge >= 0.3 is 0 Å². The van der Waals surface area contributed by atoms with E-state index in [1.54, 1.807) is 6.20 Å². The van der Waals surface area contributed by atoms with Crippen LogP contribution < -0.4 is 4.74 Å². The molecule has 0 saturated carbocycles. The van der Waals surface area contributed by atoms with Crippen molar-refractivity contribution in [2.24, 2.45) is 0 Å². The third-order valence-electron chi connectivity index (χ3n) is 4.83. The van der Waals surface area contributed by atoms with Crippen LogP contribution in [-0.2, 0) is 19.3 Å². The van der Waals surface area contributed by atoms with Gasteiger partial charge in [-0.15, -0.1) is 0 Å². The van der Waals surface area contributed by atoms with Crippen LogP contribution in [0, 0.1) is 18.6 Å². The van der Waals surface area contributed by atoms with E-state index in [1.807, 2.05) is 19.3 Å². The Morgan fingerprint density at radius 3 is 2.48 bits per heavy atom. The molecule has 0 aliphatic rings. The number of pyridine rings is 3. The average Bonchev–Trinajstić information content (AvgIpc) is 3.09. The van der Waals surface area contributed by atoms with Crippen LogP contribution in [0.4, 0.5) is 8.78 Å². The number of aromatic nitrogens is 4. The SMILES string of the molecule is COc1ncc(CCc2ncc(Cc3c[nH]c4ncc(C)cc34)cc2F)cc1F. The van der Waals surface area contributed by atoms with E-state index in [4.69, 9.17) is 4.74 Å². The Hall–Kier alpha value is -3.35. The maximum atomic E-state index is 14.6. The van der Waals surface area contributed by atoms with E-state index in [-0.39, 0.29) is 11.7 Å². The average molecular weight is 394 g/mol. The number of ether oxygens (including phenoxy) is 1. The molecular weight excluding hydrogens is 374 g/mol. The van der Waals surface area contributed by atoms with Gasteiger partial charge in [0, 0.05) is 36.6 Å². The van der Waals surface area contributed by atoms with Gasteiger partial charge in [0.25, 0.3) is 0 Å². The molecule has 0 amide bonds. The van der Waals surface area contributed by atoms with Crippen LogP contribution in [0.1, 0.15) is 27.9 Å². The molecule has 4 heterocycles. The Morgan fingerprint density at radius 2 is 1.72 bits per heavy atom. The zero-order valence-corrected chi connectivity index (χ0v) is 16.2. The monoisotopic (exact) mass is 394 g/mol. The lowest BCUT2D eigenvalue weighted by Crippen LogP contribution is -2.02. The van der Waals surface area contributed by atoms with Crippen molar-refractivity contribution in [3.05, 3.63) is 82.6 Å². The molecule has 4 aromatic heterocycles. The van der Waals surface area contributed by atoms with Crippen molar-refractivity contribution < 1.29 is 13.5 Å². The van der Waals surface area contributed by atoms with Crippen LogP contribution in [0.25, 0.3) is 11.0 Å². The molecule has 0 unspecified atom stereocenters. The molecule has 0 spiro atoms. The highest BCUT2D eigenvalue weighted by molar-refractivity contribution is 5.80. The summed E-state index contributed by atoms with van der Waals surface area (Å²) in [5.74, 6) is -0.944. The highest BCUT2D eigenvalue weighted by Crippen LogP contribution is 2.22. The second kappa shape index (κ2) is 7.95. The molecule has 29 heavy (non-hydrogen) atoms. The van der Waals surface area contributed by atoms with Gasteiger partial charge in [-0.1, -0.05) is 0 Å². The van der Waals surface area contributed by atoms with Gasteiger partial charge in [0.1, 0.15) is 11.5 Å². The molecule has 0 aliphatic carbocycles. The van der Waals surface area contributed by atoms with Crippen LogP contribution in [0.15, 0.2) is 43.0 Å². The molecule has 0 saturated heterocycles. The Labute approximate surface area is 166 Å². The zero-order valence-electron chi connectivity index (χ0n) is 16.2. The number of hydrogen-bond acceptors (Lipinski definition) is 4. The van der Waals surface area contributed by atoms with Crippen molar-refractivity contribution in [1.29, 1.82) is 0 Å². The van der Waals surface area contributed by atoms with Gasteiger partial charge < -0.3 is 9.72 Å². The van der Waals surface area contributed by atoms with Crippen LogP contribution in [-0.4, -0.2) is 27.0 Å². The summed E-state index contributed by atoms with van der Waals surface area (Å²) in [6.45, 7) is 1.99. The van der Waals surface area contributed by atoms with Crippen molar-refractivity contribution in [2.75, 3.05) is 7.11 Å². The van der Waals surface area contributed by atoms with Gasteiger partial charge in [-0.2, -0.15) is 0 Å². The predicted octanol–water partition coefficient (Wildman–Crippen LogP) is 4.32. The first-order chi connectivity index (χ1) is 14.0. The summed E-state index contributed by atoms with van der Waals surface area (Å²) in [4.78, 5) is 15.7. The second-order valence-corrected chi connectivity index (χ2v) is 7.01. The molecule has 0 atom stereocenters. The Morgan fingerprint density at radius 1 is 0.931 bits per heavy atom. The summed E-state index contributed by atoms with van der Waals surface area (Å²) >= 11 is 0. The minimum atomic E-state index is -0.530. The number of methoxy groups -OCH3 is 1. The molecule has 148 valence electrons. The van der Waals surface area contributed by atoms with Crippen LogP contribution >= 0.6 is 0 Å². The lowest BCUT2D eigenvalue weighted by Gasteiger charge is -2.07. The van der Waals surface area contributed by atoms with E-state index in [0.717, 1.165) is 27.7 Å². The summed E-state index contributed by atoms with van der Waals surface area (Å²) in [7, 11) is 1.36. The molecular formula is C22H20F2N4O. The molecule has 0 aliphatic heterocycles. The second-order valence-electron chi connectivity index (χ2n) is 7.01. The maximum Gasteiger partial charge on any atom is 0.250 e. The molecule has 1 N–H and O–H groups in total. The van der Waals surface area contributed by atoms with Crippen molar-refractivity contribution in [3.8, 4) is 5.88 Å². The topological polar surface area (TPSA) is 63.7 Å². The van der Waals surface area contributed by atoms with E-state index in [2.05, 4.69) is 26.0 Å². The van der Waals surface area contributed by atoms with E-state index in [9.17, 15) is 8.78 Å². The van der Waals surface area contributed by atoms with E-state index < -0.39 is 5.82 Å². The summed E-state index contributed by atoms with van der Waals surface area (Å²) in [6.07, 6.45) is 8.27. The number of nitrogens with zero attached hydrogens (tertiary/aromatic N) is 3. The first-order valence-corrected chi connectivity index (χ1v) is 9.28. The fourth-order valence-electron chi connectivity index (χ4n) is 3.33. The highest BCUT2D eigenvalue weighted by atomic mass is 19.1. The lowest BCUT2D eigenvalue weighted by molar-refractivity contribution is 0.368. The molecule has 4 aromatic rings. The number of halogens is 2. The largest absolute Gasteiger partial charge is 0.479 e. The van der Waals surface area contributed by atoms with Crippen molar-refractivity contribution in [2.45, 2.75) is 26.2 Å². The van der Waals surface area contributed by atoms with Gasteiger partial charge in [-0.05, 0) is 60.2 Å². The highest BCUT2D eigenvalue weighted by Gasteiger charge is 2.11. The minimum absolute atomic E-state index is 0.0508. The fraction of sp³-hybridized carbons (Fsp3) is 0.227. The number of rotatable bonds is 6. The van der Waals surface area contributed by atoms with E-state index >= 15 is 0 Å². The molecule has 4 rings (SSSR count). The Kier molecular flexibility index (Phi) is 5.20. The first-order valence-electron chi connectivity index (χ1n) is 9.28. The molecule has 0 aromatic carbocycles. The summed E-state index contributed by atoms with van der Waals surface area (Å²) in [5.41, 5.74) is 4.73. The van der Waals surface area contributed by atoms with Crippen LogP contribution in [0.5, 0.6) is 5.88 Å². The predicted molar refractivity (Wildman–Crippen MR) is 106 cm³/mol. The number of H-pyrrole nitrogens is 1. The van der Waals surface area contributed by atoms with Crippen LogP contribution in [0.3, 0.4) is 0 Å². The normalized spacial score (nSPS) is 11.2. The zero-order chi connectivity index (χ0) is 20.4. The Balaban J connectivity index is 1.47. The minimum Gasteiger partial charge on any atom is -0.479 e. The van der Waals surface area contributed by atoms with Gasteiger partial charge in [-0.3, -0.25) is 4.98 Å². The fourth-order valence-corrected chi connectivity index (χ4v) is 3.33. The van der Waals surface area contributed by atoms with Crippen molar-refractivity contribution in [1.82, 2.24) is 19.9 Å². The van der Waals surface area contributed by atoms with Crippen LogP contribution in [0.2, 0.25) is 0 Å². The summed E-state index contributed by atoms with van der Waals surface area (Å²) in [5, 5.41) is 1.03.